The highest BCUT2D eigenvalue weighted by Gasteiger charge is 2.17. The van der Waals surface area contributed by atoms with E-state index in [4.69, 9.17) is 16.2 Å². The number of nitrogen functional groups attached to an aromatic ring is 2. The molecule has 4 aromatic carbocycles. The summed E-state index contributed by atoms with van der Waals surface area (Å²) in [6, 6.07) is 23.2. The van der Waals surface area contributed by atoms with Gasteiger partial charge in [0.25, 0.3) is 5.91 Å². The molecule has 0 aliphatic heterocycles. The number of amides is 1. The fourth-order valence-electron chi connectivity index (χ4n) is 3.28. The van der Waals surface area contributed by atoms with E-state index in [1.54, 1.807) is 54.6 Å². The van der Waals surface area contributed by atoms with Gasteiger partial charge in [0.05, 0.1) is 23.5 Å². The SMILES string of the molecule is CCOc1ccccc1NC(=O)c1cc2ccccc2c(N)c1O.Nc1ccc(CN=O)cc1. The number of para-hydroxylation sites is 2. The van der Waals surface area contributed by atoms with Gasteiger partial charge in [0.2, 0.25) is 0 Å². The van der Waals surface area contributed by atoms with Gasteiger partial charge in [-0.05, 0) is 48.2 Å². The van der Waals surface area contributed by atoms with E-state index >= 15 is 0 Å². The minimum Gasteiger partial charge on any atom is -0.505 e. The van der Waals surface area contributed by atoms with Crippen molar-refractivity contribution in [3.63, 3.8) is 0 Å². The molecule has 0 saturated carbocycles. The fraction of sp³-hybridized carbons (Fsp3) is 0.115. The number of carbonyl (C=O) groups excluding carboxylic acids is 1. The number of phenolic OH excluding ortho intramolecular Hbond substituents is 1. The van der Waals surface area contributed by atoms with Gasteiger partial charge < -0.3 is 26.6 Å². The first-order valence-corrected chi connectivity index (χ1v) is 10.6. The number of nitrogens with zero attached hydrogens (tertiary/aromatic N) is 1. The zero-order chi connectivity index (χ0) is 24.5. The summed E-state index contributed by atoms with van der Waals surface area (Å²) in [4.78, 5) is 22.4. The normalized spacial score (nSPS) is 10.1. The summed E-state index contributed by atoms with van der Waals surface area (Å²) in [6.45, 7) is 2.58. The van der Waals surface area contributed by atoms with Crippen LogP contribution in [0.5, 0.6) is 11.5 Å². The molecule has 174 valence electrons. The van der Waals surface area contributed by atoms with Gasteiger partial charge in [-0.25, -0.2) is 0 Å². The molecule has 0 radical (unpaired) electrons. The second-order valence-corrected chi connectivity index (χ2v) is 7.32. The molecule has 0 heterocycles. The smallest absolute Gasteiger partial charge is 0.259 e. The van der Waals surface area contributed by atoms with Crippen molar-refractivity contribution in [2.45, 2.75) is 13.5 Å². The number of phenols is 1. The topological polar surface area (TPSA) is 140 Å². The highest BCUT2D eigenvalue weighted by molar-refractivity contribution is 6.12. The molecule has 0 bridgehead atoms. The van der Waals surface area contributed by atoms with Crippen molar-refractivity contribution in [3.8, 4) is 11.5 Å². The number of nitrogens with one attached hydrogen (secondary N) is 1. The van der Waals surface area contributed by atoms with E-state index in [9.17, 15) is 14.8 Å². The summed E-state index contributed by atoms with van der Waals surface area (Å²) < 4.78 is 5.50. The maximum absolute atomic E-state index is 12.6. The van der Waals surface area contributed by atoms with E-state index in [-0.39, 0.29) is 23.5 Å². The Balaban J connectivity index is 0.000000271. The summed E-state index contributed by atoms with van der Waals surface area (Å²) in [5.41, 5.74) is 13.8. The van der Waals surface area contributed by atoms with Crippen LogP contribution in [0.1, 0.15) is 22.8 Å². The maximum Gasteiger partial charge on any atom is 0.259 e. The van der Waals surface area contributed by atoms with E-state index in [0.717, 1.165) is 10.9 Å². The molecule has 0 aliphatic carbocycles. The maximum atomic E-state index is 12.6. The van der Waals surface area contributed by atoms with Gasteiger partial charge in [0.1, 0.15) is 12.3 Å². The fourth-order valence-corrected chi connectivity index (χ4v) is 3.28. The van der Waals surface area contributed by atoms with E-state index in [2.05, 4.69) is 10.5 Å². The Morgan fingerprint density at radius 1 is 1.00 bits per heavy atom. The third kappa shape index (κ3) is 5.80. The van der Waals surface area contributed by atoms with E-state index in [1.807, 2.05) is 31.2 Å². The molecular weight excluding hydrogens is 432 g/mol. The number of benzene rings is 4. The molecular formula is C26H26N4O4. The Morgan fingerprint density at radius 3 is 2.38 bits per heavy atom. The lowest BCUT2D eigenvalue weighted by atomic mass is 10.0. The molecule has 0 spiro atoms. The van der Waals surface area contributed by atoms with Crippen LogP contribution in [0.2, 0.25) is 0 Å². The zero-order valence-electron chi connectivity index (χ0n) is 18.7. The van der Waals surface area contributed by atoms with Crippen molar-refractivity contribution in [1.82, 2.24) is 0 Å². The van der Waals surface area contributed by atoms with Crippen LogP contribution < -0.4 is 21.5 Å². The molecule has 0 aromatic heterocycles. The molecule has 1 amide bonds. The van der Waals surface area contributed by atoms with Crippen molar-refractivity contribution in [3.05, 3.63) is 94.9 Å². The number of hydrogen-bond donors (Lipinski definition) is 4. The second kappa shape index (κ2) is 11.3. The van der Waals surface area contributed by atoms with Gasteiger partial charge in [-0.3, -0.25) is 4.79 Å². The molecule has 0 saturated heterocycles. The number of ether oxygens (including phenoxy) is 1. The van der Waals surface area contributed by atoms with E-state index in [1.165, 1.54) is 0 Å². The first-order chi connectivity index (χ1) is 16.4. The third-order valence-corrected chi connectivity index (χ3v) is 4.97. The van der Waals surface area contributed by atoms with Gasteiger partial charge >= 0.3 is 0 Å². The van der Waals surface area contributed by atoms with Crippen LogP contribution in [0.4, 0.5) is 17.1 Å². The van der Waals surface area contributed by atoms with Crippen LogP contribution in [0, 0.1) is 4.91 Å². The average Bonchev–Trinajstić information content (AvgIpc) is 2.85. The molecule has 8 heteroatoms. The lowest BCUT2D eigenvalue weighted by Gasteiger charge is -2.13. The summed E-state index contributed by atoms with van der Waals surface area (Å²) in [6.07, 6.45) is 0. The van der Waals surface area contributed by atoms with Crippen molar-refractivity contribution < 1.29 is 14.6 Å². The van der Waals surface area contributed by atoms with Crippen LogP contribution >= 0.6 is 0 Å². The Labute approximate surface area is 197 Å². The summed E-state index contributed by atoms with van der Waals surface area (Å²) >= 11 is 0. The van der Waals surface area contributed by atoms with Crippen molar-refractivity contribution in [2.75, 3.05) is 23.4 Å². The van der Waals surface area contributed by atoms with Crippen molar-refractivity contribution in [2.24, 2.45) is 5.18 Å². The molecule has 0 unspecified atom stereocenters. The highest BCUT2D eigenvalue weighted by Crippen LogP contribution is 2.34. The lowest BCUT2D eigenvalue weighted by molar-refractivity contribution is 0.102. The summed E-state index contributed by atoms with van der Waals surface area (Å²) in [7, 11) is 0. The molecule has 0 atom stereocenters. The highest BCUT2D eigenvalue weighted by atomic mass is 16.5. The largest absolute Gasteiger partial charge is 0.505 e. The number of rotatable bonds is 6. The molecule has 8 nitrogen and oxygen atoms in total. The molecule has 4 aromatic rings. The molecule has 0 fully saturated rings. The zero-order valence-corrected chi connectivity index (χ0v) is 18.7. The molecule has 0 aliphatic rings. The number of hydrogen-bond acceptors (Lipinski definition) is 7. The van der Waals surface area contributed by atoms with Crippen LogP contribution in [-0.4, -0.2) is 17.6 Å². The standard InChI is InChI=1S/C19H18N2O3.C7H8N2O/c1-2-24-16-10-6-5-9-15(16)21-19(23)14-11-12-7-3-4-8-13(12)17(20)18(14)22;8-7-3-1-6(2-4-7)5-9-10/h3-11,22H,2,20H2,1H3,(H,21,23);1-4H,5,8H2. The Morgan fingerprint density at radius 2 is 1.68 bits per heavy atom. The van der Waals surface area contributed by atoms with Gasteiger partial charge in [-0.1, -0.05) is 53.7 Å². The van der Waals surface area contributed by atoms with E-state index in [0.29, 0.717) is 29.1 Å². The van der Waals surface area contributed by atoms with Gasteiger partial charge in [0, 0.05) is 11.1 Å². The summed E-state index contributed by atoms with van der Waals surface area (Å²) in [5.74, 6) is -0.0983. The number of nitrogens with two attached hydrogens (primary N) is 2. The molecule has 34 heavy (non-hydrogen) atoms. The number of carbonyl (C=O) groups is 1. The Bertz CT molecular complexity index is 1290. The lowest BCUT2D eigenvalue weighted by Crippen LogP contribution is -2.14. The van der Waals surface area contributed by atoms with Crippen LogP contribution in [-0.2, 0) is 6.54 Å². The first kappa shape index (κ1) is 24.1. The number of fused-ring (bicyclic) bond motifs is 1. The van der Waals surface area contributed by atoms with Gasteiger partial charge in [0.15, 0.2) is 5.75 Å². The molecule has 6 N–H and O–H groups in total. The first-order valence-electron chi connectivity index (χ1n) is 10.6. The monoisotopic (exact) mass is 458 g/mol. The number of anilines is 3. The van der Waals surface area contributed by atoms with Gasteiger partial charge in [-0.15, -0.1) is 0 Å². The Kier molecular flexibility index (Phi) is 8.02. The summed E-state index contributed by atoms with van der Waals surface area (Å²) in [5, 5.41) is 17.3. The predicted molar refractivity (Wildman–Crippen MR) is 136 cm³/mol. The second-order valence-electron chi connectivity index (χ2n) is 7.32. The minimum atomic E-state index is -0.447. The van der Waals surface area contributed by atoms with Crippen LogP contribution in [0.15, 0.2) is 84.0 Å². The third-order valence-electron chi connectivity index (χ3n) is 4.97. The average molecular weight is 459 g/mol. The van der Waals surface area contributed by atoms with Crippen LogP contribution in [0.3, 0.4) is 0 Å². The van der Waals surface area contributed by atoms with Crippen LogP contribution in [0.25, 0.3) is 10.8 Å². The number of nitroso groups, excluding NO2 is 1. The predicted octanol–water partition coefficient (Wildman–Crippen LogP) is 5.31. The number of aromatic hydroxyl groups is 1. The van der Waals surface area contributed by atoms with Crippen molar-refractivity contribution >= 4 is 33.7 Å². The molecule has 4 rings (SSSR count). The quantitative estimate of drug-likeness (QED) is 0.175. The Hall–Kier alpha value is -4.59. The van der Waals surface area contributed by atoms with Crippen molar-refractivity contribution in [1.29, 1.82) is 0 Å². The minimum absolute atomic E-state index is 0.123. The van der Waals surface area contributed by atoms with E-state index < -0.39 is 5.91 Å². The van der Waals surface area contributed by atoms with Gasteiger partial charge in [-0.2, -0.15) is 4.91 Å².